The summed E-state index contributed by atoms with van der Waals surface area (Å²) in [5.74, 6) is -1.15. The average Bonchev–Trinajstić information content (AvgIpc) is 3.04. The highest BCUT2D eigenvalue weighted by Crippen LogP contribution is 2.27. The first-order valence-corrected chi connectivity index (χ1v) is 8.38. The van der Waals surface area contributed by atoms with E-state index >= 15 is 0 Å². The van der Waals surface area contributed by atoms with Crippen molar-refractivity contribution in [2.24, 2.45) is 0 Å². The Balaban J connectivity index is 1.64. The van der Waals surface area contributed by atoms with Crippen LogP contribution < -0.4 is 0 Å². The first-order valence-electron chi connectivity index (χ1n) is 7.58. The lowest BCUT2D eigenvalue weighted by molar-refractivity contribution is -0.158. The second-order valence-electron chi connectivity index (χ2n) is 5.73. The number of ether oxygens (including phenoxy) is 2. The van der Waals surface area contributed by atoms with Crippen molar-refractivity contribution in [1.29, 1.82) is 0 Å². The Labute approximate surface area is 142 Å². The molecule has 0 spiro atoms. The van der Waals surface area contributed by atoms with Gasteiger partial charge in [0.05, 0.1) is 13.2 Å². The Morgan fingerprint density at radius 1 is 1.26 bits per heavy atom. The number of carboxylic acids is 1. The molecule has 124 valence electrons. The van der Waals surface area contributed by atoms with Crippen LogP contribution in [0, 0.1) is 0 Å². The number of rotatable bonds is 3. The minimum atomic E-state index is -1.01. The lowest BCUT2D eigenvalue weighted by Gasteiger charge is -2.34. The van der Waals surface area contributed by atoms with Gasteiger partial charge >= 0.3 is 5.97 Å². The second kappa shape index (κ2) is 6.98. The van der Waals surface area contributed by atoms with Crippen LogP contribution >= 0.6 is 15.9 Å². The van der Waals surface area contributed by atoms with Gasteiger partial charge in [0.1, 0.15) is 12.2 Å². The highest BCUT2D eigenvalue weighted by atomic mass is 79.9. The summed E-state index contributed by atoms with van der Waals surface area (Å²) in [6.45, 7) is 1.41. The van der Waals surface area contributed by atoms with Crippen molar-refractivity contribution < 1.29 is 24.2 Å². The quantitative estimate of drug-likeness (QED) is 0.863. The fraction of sp³-hybridized carbons (Fsp3) is 0.500. The van der Waals surface area contributed by atoms with E-state index < -0.39 is 18.2 Å². The van der Waals surface area contributed by atoms with Crippen molar-refractivity contribution >= 4 is 27.8 Å². The van der Waals surface area contributed by atoms with Gasteiger partial charge in [-0.2, -0.15) is 0 Å². The number of carboxylic acid groups (broad SMARTS) is 1. The van der Waals surface area contributed by atoms with Gasteiger partial charge in [-0.3, -0.25) is 4.79 Å². The predicted octanol–water partition coefficient (Wildman–Crippen LogP) is 1.98. The van der Waals surface area contributed by atoms with E-state index in [4.69, 9.17) is 14.6 Å². The molecule has 2 heterocycles. The maximum Gasteiger partial charge on any atom is 0.332 e. The Hall–Kier alpha value is -1.44. The first-order chi connectivity index (χ1) is 11.0. The molecule has 2 saturated heterocycles. The summed E-state index contributed by atoms with van der Waals surface area (Å²) in [5.41, 5.74) is 1.01. The van der Waals surface area contributed by atoms with E-state index in [1.807, 2.05) is 24.3 Å². The third kappa shape index (κ3) is 3.73. The van der Waals surface area contributed by atoms with Crippen molar-refractivity contribution in [3.63, 3.8) is 0 Å². The van der Waals surface area contributed by atoms with Crippen LogP contribution in [0.1, 0.15) is 24.5 Å². The van der Waals surface area contributed by atoms with Gasteiger partial charge in [0.15, 0.2) is 6.10 Å². The zero-order chi connectivity index (χ0) is 16.4. The van der Waals surface area contributed by atoms with Crippen molar-refractivity contribution in [1.82, 2.24) is 4.90 Å². The molecular formula is C16H18BrNO5. The Bertz CT molecular complexity index is 608. The standard InChI is InChI=1S/C16H18BrNO5/c17-11-3-1-2-10(8-11)14-9-18(6-7-22-14)15(19)12-4-5-13(23-12)16(20)21/h1-3,8,12-14H,4-7,9H2,(H,20,21)/t12-,13+,14?/m0/s1. The summed E-state index contributed by atoms with van der Waals surface area (Å²) in [6, 6.07) is 7.82. The number of carbonyl (C=O) groups is 2. The molecule has 0 radical (unpaired) electrons. The van der Waals surface area contributed by atoms with Crippen LogP contribution in [0.25, 0.3) is 0 Å². The van der Waals surface area contributed by atoms with E-state index in [0.29, 0.717) is 32.5 Å². The van der Waals surface area contributed by atoms with Crippen molar-refractivity contribution in [2.45, 2.75) is 31.2 Å². The fourth-order valence-electron chi connectivity index (χ4n) is 2.96. The third-order valence-electron chi connectivity index (χ3n) is 4.17. The van der Waals surface area contributed by atoms with Gasteiger partial charge in [0.25, 0.3) is 5.91 Å². The number of morpholine rings is 1. The average molecular weight is 384 g/mol. The molecule has 0 aromatic heterocycles. The topological polar surface area (TPSA) is 76.1 Å². The highest BCUT2D eigenvalue weighted by molar-refractivity contribution is 9.10. The highest BCUT2D eigenvalue weighted by Gasteiger charge is 2.38. The number of benzene rings is 1. The van der Waals surface area contributed by atoms with Gasteiger partial charge in [0.2, 0.25) is 0 Å². The predicted molar refractivity (Wildman–Crippen MR) is 84.9 cm³/mol. The molecule has 0 aliphatic carbocycles. The van der Waals surface area contributed by atoms with Crippen LogP contribution in [-0.2, 0) is 19.1 Å². The molecule has 6 nitrogen and oxygen atoms in total. The molecular weight excluding hydrogens is 366 g/mol. The zero-order valence-electron chi connectivity index (χ0n) is 12.5. The number of carbonyl (C=O) groups excluding carboxylic acids is 1. The van der Waals surface area contributed by atoms with E-state index in [0.717, 1.165) is 10.0 Å². The van der Waals surface area contributed by atoms with Crippen LogP contribution in [0.15, 0.2) is 28.7 Å². The molecule has 0 bridgehead atoms. The Morgan fingerprint density at radius 3 is 2.74 bits per heavy atom. The maximum atomic E-state index is 12.6. The van der Waals surface area contributed by atoms with Crippen molar-refractivity contribution in [2.75, 3.05) is 19.7 Å². The van der Waals surface area contributed by atoms with Crippen LogP contribution in [0.2, 0.25) is 0 Å². The van der Waals surface area contributed by atoms with Gasteiger partial charge < -0.3 is 19.5 Å². The minimum Gasteiger partial charge on any atom is -0.479 e. The summed E-state index contributed by atoms with van der Waals surface area (Å²) in [6.07, 6.45) is -0.870. The molecule has 2 aliphatic heterocycles. The molecule has 1 aromatic carbocycles. The van der Waals surface area contributed by atoms with Gasteiger partial charge in [-0.05, 0) is 30.5 Å². The summed E-state index contributed by atoms with van der Waals surface area (Å²) >= 11 is 3.44. The Morgan fingerprint density at radius 2 is 2.04 bits per heavy atom. The largest absolute Gasteiger partial charge is 0.479 e. The maximum absolute atomic E-state index is 12.6. The molecule has 1 unspecified atom stereocenters. The summed E-state index contributed by atoms with van der Waals surface area (Å²) in [7, 11) is 0. The number of halogens is 1. The number of hydrogen-bond donors (Lipinski definition) is 1. The molecule has 1 aromatic rings. The monoisotopic (exact) mass is 383 g/mol. The van der Waals surface area contributed by atoms with Gasteiger partial charge in [-0.25, -0.2) is 4.79 Å². The first kappa shape index (κ1) is 16.4. The molecule has 2 fully saturated rings. The molecule has 1 N–H and O–H groups in total. The van der Waals surface area contributed by atoms with E-state index in [-0.39, 0.29) is 12.0 Å². The number of hydrogen-bond acceptors (Lipinski definition) is 4. The summed E-state index contributed by atoms with van der Waals surface area (Å²) in [4.78, 5) is 25.2. The van der Waals surface area contributed by atoms with Gasteiger partial charge in [-0.15, -0.1) is 0 Å². The molecule has 3 rings (SSSR count). The van der Waals surface area contributed by atoms with Crippen LogP contribution in [0.5, 0.6) is 0 Å². The summed E-state index contributed by atoms with van der Waals surface area (Å²) in [5, 5.41) is 8.97. The lowest BCUT2D eigenvalue weighted by Crippen LogP contribution is -2.46. The molecule has 1 amide bonds. The van der Waals surface area contributed by atoms with Crippen molar-refractivity contribution in [3.05, 3.63) is 34.3 Å². The molecule has 2 aliphatic rings. The SMILES string of the molecule is O=C(O)[C@H]1CC[C@@H](C(=O)N2CCOC(c3cccc(Br)c3)C2)O1. The van der Waals surface area contributed by atoms with Crippen LogP contribution in [0.3, 0.4) is 0 Å². The lowest BCUT2D eigenvalue weighted by atomic mass is 10.1. The van der Waals surface area contributed by atoms with E-state index in [1.165, 1.54) is 0 Å². The van der Waals surface area contributed by atoms with E-state index in [9.17, 15) is 9.59 Å². The smallest absolute Gasteiger partial charge is 0.332 e. The van der Waals surface area contributed by atoms with E-state index in [1.54, 1.807) is 4.90 Å². The minimum absolute atomic E-state index is 0.142. The fourth-order valence-corrected chi connectivity index (χ4v) is 3.38. The molecule has 23 heavy (non-hydrogen) atoms. The number of amides is 1. The molecule has 0 saturated carbocycles. The number of nitrogens with zero attached hydrogens (tertiary/aromatic N) is 1. The second-order valence-corrected chi connectivity index (χ2v) is 6.64. The number of aliphatic carboxylic acids is 1. The molecule has 7 heteroatoms. The van der Waals surface area contributed by atoms with Gasteiger partial charge in [-0.1, -0.05) is 28.1 Å². The third-order valence-corrected chi connectivity index (χ3v) is 4.66. The van der Waals surface area contributed by atoms with Crippen molar-refractivity contribution in [3.8, 4) is 0 Å². The Kier molecular flexibility index (Phi) is 4.99. The van der Waals surface area contributed by atoms with Gasteiger partial charge in [0, 0.05) is 11.0 Å². The molecule has 3 atom stereocenters. The summed E-state index contributed by atoms with van der Waals surface area (Å²) < 4.78 is 12.1. The van der Waals surface area contributed by atoms with Crippen LogP contribution in [-0.4, -0.2) is 53.8 Å². The zero-order valence-corrected chi connectivity index (χ0v) is 14.1. The van der Waals surface area contributed by atoms with E-state index in [2.05, 4.69) is 15.9 Å². The normalized spacial score (nSPS) is 27.9. The van der Waals surface area contributed by atoms with Crippen LogP contribution in [0.4, 0.5) is 0 Å².